The molecule has 21 heavy (non-hydrogen) atoms. The molecule has 0 spiro atoms. The topological polar surface area (TPSA) is 24.1 Å². The van der Waals surface area contributed by atoms with Crippen LogP contribution in [0.4, 0.5) is 5.69 Å². The Bertz CT molecular complexity index is 563. The second kappa shape index (κ2) is 7.28. The van der Waals surface area contributed by atoms with Crippen molar-refractivity contribution < 1.29 is 0 Å². The number of hydrogen-bond donors (Lipinski definition) is 2. The maximum Gasteiger partial charge on any atom is 0.0418 e. The molecule has 2 aromatic carbocycles. The lowest BCUT2D eigenvalue weighted by Crippen LogP contribution is -2.19. The number of para-hydroxylation sites is 1. The summed E-state index contributed by atoms with van der Waals surface area (Å²) in [5, 5.41) is 7.14. The van der Waals surface area contributed by atoms with Crippen molar-refractivity contribution in [2.24, 2.45) is 0 Å². The molecule has 0 aliphatic carbocycles. The average Bonchev–Trinajstić information content (AvgIpc) is 2.56. The molecule has 1 heterocycles. The number of fused-ring (bicyclic) bond motifs is 1. The number of benzene rings is 2. The van der Waals surface area contributed by atoms with Crippen molar-refractivity contribution in [2.75, 3.05) is 18.4 Å². The molecule has 110 valence electrons. The van der Waals surface area contributed by atoms with Gasteiger partial charge in [-0.15, -0.1) is 0 Å². The van der Waals surface area contributed by atoms with E-state index in [0.29, 0.717) is 0 Å². The van der Waals surface area contributed by atoms with E-state index in [1.54, 1.807) is 0 Å². The van der Waals surface area contributed by atoms with Crippen LogP contribution in [-0.2, 0) is 19.4 Å². The third-order valence-electron chi connectivity index (χ3n) is 4.14. The minimum absolute atomic E-state index is 0.963. The number of aryl methyl sites for hydroxylation is 2. The minimum Gasteiger partial charge on any atom is -0.385 e. The quantitative estimate of drug-likeness (QED) is 0.787. The van der Waals surface area contributed by atoms with E-state index >= 15 is 0 Å². The molecule has 2 heteroatoms. The van der Waals surface area contributed by atoms with Crippen LogP contribution >= 0.6 is 0 Å². The smallest absolute Gasteiger partial charge is 0.0418 e. The van der Waals surface area contributed by atoms with E-state index in [4.69, 9.17) is 0 Å². The van der Waals surface area contributed by atoms with Gasteiger partial charge in [-0.3, -0.25) is 0 Å². The van der Waals surface area contributed by atoms with Crippen LogP contribution in [0, 0.1) is 0 Å². The van der Waals surface area contributed by atoms with Gasteiger partial charge in [0.25, 0.3) is 0 Å². The van der Waals surface area contributed by atoms with Gasteiger partial charge in [-0.2, -0.15) is 0 Å². The maximum absolute atomic E-state index is 3.58. The first-order chi connectivity index (χ1) is 10.4. The van der Waals surface area contributed by atoms with Crippen LogP contribution in [0.2, 0.25) is 0 Å². The van der Waals surface area contributed by atoms with Crippen LogP contribution in [0.1, 0.15) is 29.5 Å². The van der Waals surface area contributed by atoms with Gasteiger partial charge in [-0.25, -0.2) is 0 Å². The largest absolute Gasteiger partial charge is 0.385 e. The van der Waals surface area contributed by atoms with E-state index in [9.17, 15) is 0 Å². The van der Waals surface area contributed by atoms with Crippen LogP contribution in [0.5, 0.6) is 0 Å². The van der Waals surface area contributed by atoms with Gasteiger partial charge in [0.05, 0.1) is 0 Å². The van der Waals surface area contributed by atoms with E-state index in [0.717, 1.165) is 26.1 Å². The first-order valence-corrected chi connectivity index (χ1v) is 8.03. The SMILES string of the molecule is c1ccc(CCCNCc2cccc3c2NCCC3)cc1. The van der Waals surface area contributed by atoms with Crippen molar-refractivity contribution in [1.29, 1.82) is 0 Å². The van der Waals surface area contributed by atoms with Gasteiger partial charge >= 0.3 is 0 Å². The van der Waals surface area contributed by atoms with Gasteiger partial charge in [-0.1, -0.05) is 48.5 Å². The highest BCUT2D eigenvalue weighted by Gasteiger charge is 2.11. The van der Waals surface area contributed by atoms with E-state index in [-0.39, 0.29) is 0 Å². The van der Waals surface area contributed by atoms with Crippen LogP contribution in [0.15, 0.2) is 48.5 Å². The Balaban J connectivity index is 1.45. The summed E-state index contributed by atoms with van der Waals surface area (Å²) in [4.78, 5) is 0. The van der Waals surface area contributed by atoms with Crippen LogP contribution in [0.25, 0.3) is 0 Å². The van der Waals surface area contributed by atoms with Crippen molar-refractivity contribution in [1.82, 2.24) is 5.32 Å². The van der Waals surface area contributed by atoms with Crippen molar-refractivity contribution in [2.45, 2.75) is 32.2 Å². The Morgan fingerprint density at radius 3 is 2.81 bits per heavy atom. The minimum atomic E-state index is 0.963. The number of anilines is 1. The number of hydrogen-bond acceptors (Lipinski definition) is 2. The maximum atomic E-state index is 3.58. The van der Waals surface area contributed by atoms with E-state index < -0.39 is 0 Å². The molecule has 0 amide bonds. The molecule has 0 radical (unpaired) electrons. The van der Waals surface area contributed by atoms with Gasteiger partial charge in [0.15, 0.2) is 0 Å². The molecular formula is C19H24N2. The second-order valence-corrected chi connectivity index (χ2v) is 5.75. The predicted molar refractivity (Wildman–Crippen MR) is 89.7 cm³/mol. The van der Waals surface area contributed by atoms with Crippen molar-refractivity contribution in [3.05, 3.63) is 65.2 Å². The molecule has 0 aromatic heterocycles. The fourth-order valence-electron chi connectivity index (χ4n) is 3.01. The van der Waals surface area contributed by atoms with Crippen LogP contribution in [0.3, 0.4) is 0 Å². The molecular weight excluding hydrogens is 256 g/mol. The Morgan fingerprint density at radius 1 is 1.00 bits per heavy atom. The second-order valence-electron chi connectivity index (χ2n) is 5.75. The first-order valence-electron chi connectivity index (χ1n) is 8.03. The van der Waals surface area contributed by atoms with Crippen molar-refractivity contribution >= 4 is 5.69 Å². The fraction of sp³-hybridized carbons (Fsp3) is 0.368. The zero-order valence-electron chi connectivity index (χ0n) is 12.6. The fourth-order valence-corrected chi connectivity index (χ4v) is 3.01. The van der Waals surface area contributed by atoms with Crippen molar-refractivity contribution in [3.63, 3.8) is 0 Å². The monoisotopic (exact) mass is 280 g/mol. The lowest BCUT2D eigenvalue weighted by atomic mass is 9.99. The third kappa shape index (κ3) is 3.85. The standard InChI is InChI=1S/C19H24N2/c1-2-7-16(8-3-1)9-5-13-20-15-18-11-4-10-17-12-6-14-21-19(17)18/h1-4,7-8,10-11,20-21H,5-6,9,12-15H2. The predicted octanol–water partition coefficient (Wildman–Crippen LogP) is 3.77. The molecule has 2 N–H and O–H groups in total. The summed E-state index contributed by atoms with van der Waals surface area (Å²) in [6.07, 6.45) is 4.80. The summed E-state index contributed by atoms with van der Waals surface area (Å²) >= 11 is 0. The zero-order valence-corrected chi connectivity index (χ0v) is 12.6. The Morgan fingerprint density at radius 2 is 1.90 bits per heavy atom. The van der Waals surface area contributed by atoms with E-state index in [2.05, 4.69) is 59.2 Å². The summed E-state index contributed by atoms with van der Waals surface area (Å²) in [6.45, 7) is 3.14. The van der Waals surface area contributed by atoms with Crippen molar-refractivity contribution in [3.8, 4) is 0 Å². The van der Waals surface area contributed by atoms with E-state index in [1.165, 1.54) is 41.6 Å². The van der Waals surface area contributed by atoms with Gasteiger partial charge in [0.2, 0.25) is 0 Å². The lowest BCUT2D eigenvalue weighted by molar-refractivity contribution is 0.648. The molecule has 0 bridgehead atoms. The Kier molecular flexibility index (Phi) is 4.90. The first kappa shape index (κ1) is 14.2. The molecule has 1 aliphatic rings. The van der Waals surface area contributed by atoms with Crippen LogP contribution < -0.4 is 10.6 Å². The van der Waals surface area contributed by atoms with Crippen LogP contribution in [-0.4, -0.2) is 13.1 Å². The molecule has 1 aliphatic heterocycles. The summed E-state index contributed by atoms with van der Waals surface area (Å²) in [7, 11) is 0. The summed E-state index contributed by atoms with van der Waals surface area (Å²) in [5.74, 6) is 0. The van der Waals surface area contributed by atoms with Gasteiger partial charge in [0.1, 0.15) is 0 Å². The average molecular weight is 280 g/mol. The van der Waals surface area contributed by atoms with Gasteiger partial charge < -0.3 is 10.6 Å². The molecule has 0 saturated heterocycles. The van der Waals surface area contributed by atoms with Gasteiger partial charge in [-0.05, 0) is 48.9 Å². The molecule has 0 atom stereocenters. The summed E-state index contributed by atoms with van der Waals surface area (Å²) in [5.41, 5.74) is 5.69. The molecule has 0 unspecified atom stereocenters. The Labute approximate surface area is 127 Å². The highest BCUT2D eigenvalue weighted by molar-refractivity contribution is 5.59. The molecule has 3 rings (SSSR count). The molecule has 0 saturated carbocycles. The molecule has 0 fully saturated rings. The van der Waals surface area contributed by atoms with Gasteiger partial charge in [0, 0.05) is 18.8 Å². The third-order valence-corrected chi connectivity index (χ3v) is 4.14. The normalized spacial score (nSPS) is 13.5. The summed E-state index contributed by atoms with van der Waals surface area (Å²) < 4.78 is 0. The summed E-state index contributed by atoms with van der Waals surface area (Å²) in [6, 6.07) is 17.4. The highest BCUT2D eigenvalue weighted by atomic mass is 14.9. The zero-order chi connectivity index (χ0) is 14.3. The molecule has 2 aromatic rings. The number of rotatable bonds is 6. The highest BCUT2D eigenvalue weighted by Crippen LogP contribution is 2.25. The lowest BCUT2D eigenvalue weighted by Gasteiger charge is -2.21. The van der Waals surface area contributed by atoms with E-state index in [1.807, 2.05) is 0 Å². The number of nitrogens with one attached hydrogen (secondary N) is 2. The Hall–Kier alpha value is -1.80. The molecule has 2 nitrogen and oxygen atoms in total.